The second-order valence-electron chi connectivity index (χ2n) is 2.95. The third-order valence-corrected chi connectivity index (χ3v) is 1.89. The van der Waals surface area contributed by atoms with Gasteiger partial charge >= 0.3 is 0 Å². The van der Waals surface area contributed by atoms with Crippen molar-refractivity contribution in [3.05, 3.63) is 42.0 Å². The van der Waals surface area contributed by atoms with E-state index in [0.29, 0.717) is 0 Å². The molecule has 1 radical (unpaired) electrons. The zero-order valence-electron chi connectivity index (χ0n) is 8.92. The maximum Gasteiger partial charge on any atom is 0.270 e. The highest BCUT2D eigenvalue weighted by atomic mass is 16.7. The number of hydrogen-bond acceptors (Lipinski definition) is 3. The quantitative estimate of drug-likeness (QED) is 0.551. The summed E-state index contributed by atoms with van der Waals surface area (Å²) < 4.78 is 0. The molecule has 0 unspecified atom stereocenters. The van der Waals surface area contributed by atoms with Crippen LogP contribution in [0.4, 0.5) is 0 Å². The molecule has 0 aliphatic heterocycles. The topological polar surface area (TPSA) is 46.6 Å². The van der Waals surface area contributed by atoms with Crippen molar-refractivity contribution in [2.24, 2.45) is 0 Å². The molecular formula is C12H12NO3. The average molecular weight is 218 g/mol. The molecule has 0 saturated carbocycles. The van der Waals surface area contributed by atoms with Crippen molar-refractivity contribution in [3.8, 4) is 0 Å². The van der Waals surface area contributed by atoms with E-state index in [1.807, 2.05) is 30.3 Å². The molecule has 0 heterocycles. The number of benzene rings is 1. The molecule has 4 heteroatoms. The fraction of sp³-hybridized carbons (Fsp3) is 0.167. The van der Waals surface area contributed by atoms with Gasteiger partial charge in [-0.05, 0) is 11.6 Å². The highest BCUT2D eigenvalue weighted by molar-refractivity contribution is 5.92. The molecule has 1 amide bonds. The van der Waals surface area contributed by atoms with Crippen molar-refractivity contribution < 1.29 is 14.4 Å². The van der Waals surface area contributed by atoms with Crippen LogP contribution in [0.1, 0.15) is 5.56 Å². The third-order valence-electron chi connectivity index (χ3n) is 1.89. The number of amides is 1. The van der Waals surface area contributed by atoms with Gasteiger partial charge in [0.1, 0.15) is 6.54 Å². The number of carbonyl (C=O) groups excluding carboxylic acids is 2. The molecule has 0 aromatic heterocycles. The van der Waals surface area contributed by atoms with Crippen LogP contribution in [0.15, 0.2) is 36.4 Å². The Balaban J connectivity index is 2.63. The second-order valence-corrected chi connectivity index (χ2v) is 2.95. The summed E-state index contributed by atoms with van der Waals surface area (Å²) in [5.41, 5.74) is 0.905. The van der Waals surface area contributed by atoms with Crippen LogP contribution in [0.3, 0.4) is 0 Å². The number of hydrogen-bond donors (Lipinski definition) is 0. The van der Waals surface area contributed by atoms with E-state index >= 15 is 0 Å². The van der Waals surface area contributed by atoms with Crippen LogP contribution >= 0.6 is 0 Å². The van der Waals surface area contributed by atoms with Crippen molar-refractivity contribution in [2.75, 3.05) is 13.7 Å². The lowest BCUT2D eigenvalue weighted by Crippen LogP contribution is -2.29. The maximum absolute atomic E-state index is 11.5. The van der Waals surface area contributed by atoms with Gasteiger partial charge in [0.15, 0.2) is 0 Å². The first-order valence-corrected chi connectivity index (χ1v) is 4.71. The molecule has 16 heavy (non-hydrogen) atoms. The smallest absolute Gasteiger partial charge is 0.270 e. The zero-order chi connectivity index (χ0) is 11.8. The van der Waals surface area contributed by atoms with E-state index in [1.165, 1.54) is 13.2 Å². The molecule has 1 rings (SSSR count). The SMILES string of the molecule is CON(C[C]=O)C(=O)/C=C/c1ccccc1. The number of nitrogens with zero attached hydrogens (tertiary/aromatic N) is 1. The predicted molar refractivity (Wildman–Crippen MR) is 59.9 cm³/mol. The molecule has 0 bridgehead atoms. The Bertz CT molecular complexity index is 373. The van der Waals surface area contributed by atoms with Gasteiger partial charge in [0, 0.05) is 6.08 Å². The Hall–Kier alpha value is -1.94. The summed E-state index contributed by atoms with van der Waals surface area (Å²) in [6.07, 6.45) is 4.59. The van der Waals surface area contributed by atoms with E-state index < -0.39 is 5.91 Å². The van der Waals surface area contributed by atoms with Crippen LogP contribution in [-0.4, -0.2) is 30.9 Å². The fourth-order valence-electron chi connectivity index (χ4n) is 1.11. The van der Waals surface area contributed by atoms with Crippen molar-refractivity contribution in [1.82, 2.24) is 5.06 Å². The van der Waals surface area contributed by atoms with E-state index in [9.17, 15) is 9.59 Å². The van der Waals surface area contributed by atoms with Crippen molar-refractivity contribution >= 4 is 18.3 Å². The highest BCUT2D eigenvalue weighted by Crippen LogP contribution is 2.01. The van der Waals surface area contributed by atoms with Crippen molar-refractivity contribution in [1.29, 1.82) is 0 Å². The molecule has 0 spiro atoms. The van der Waals surface area contributed by atoms with Gasteiger partial charge in [0.05, 0.1) is 7.11 Å². The Morgan fingerprint density at radius 2 is 2.12 bits per heavy atom. The summed E-state index contributed by atoms with van der Waals surface area (Å²) in [5.74, 6) is -0.394. The summed E-state index contributed by atoms with van der Waals surface area (Å²) in [4.78, 5) is 26.3. The Kier molecular flexibility index (Phi) is 4.95. The molecule has 0 atom stereocenters. The van der Waals surface area contributed by atoms with Crippen molar-refractivity contribution in [3.63, 3.8) is 0 Å². The summed E-state index contributed by atoms with van der Waals surface area (Å²) in [5, 5.41) is 0.923. The molecule has 0 fully saturated rings. The normalized spacial score (nSPS) is 10.3. The summed E-state index contributed by atoms with van der Waals surface area (Å²) >= 11 is 0. The number of hydroxylamine groups is 2. The van der Waals surface area contributed by atoms with E-state index in [0.717, 1.165) is 10.6 Å². The van der Waals surface area contributed by atoms with Gasteiger partial charge in [0.2, 0.25) is 6.29 Å². The fourth-order valence-corrected chi connectivity index (χ4v) is 1.11. The Labute approximate surface area is 94.1 Å². The Morgan fingerprint density at radius 3 is 2.69 bits per heavy atom. The van der Waals surface area contributed by atoms with Gasteiger partial charge in [-0.1, -0.05) is 30.3 Å². The molecule has 1 aromatic carbocycles. The van der Waals surface area contributed by atoms with Crippen LogP contribution in [0.2, 0.25) is 0 Å². The van der Waals surface area contributed by atoms with E-state index in [4.69, 9.17) is 4.84 Å². The Morgan fingerprint density at radius 1 is 1.44 bits per heavy atom. The van der Waals surface area contributed by atoms with Gasteiger partial charge in [-0.15, -0.1) is 0 Å². The summed E-state index contributed by atoms with van der Waals surface area (Å²) in [7, 11) is 1.32. The monoisotopic (exact) mass is 218 g/mol. The van der Waals surface area contributed by atoms with Gasteiger partial charge in [-0.25, -0.2) is 5.06 Å². The lowest BCUT2D eigenvalue weighted by Gasteiger charge is -2.13. The average Bonchev–Trinajstić information content (AvgIpc) is 2.34. The van der Waals surface area contributed by atoms with Crippen LogP contribution in [-0.2, 0) is 14.4 Å². The van der Waals surface area contributed by atoms with Crippen LogP contribution in [0, 0.1) is 0 Å². The lowest BCUT2D eigenvalue weighted by molar-refractivity contribution is -0.165. The lowest BCUT2D eigenvalue weighted by atomic mass is 10.2. The minimum atomic E-state index is -0.394. The number of carbonyl (C=O) groups is 1. The van der Waals surface area contributed by atoms with Crippen molar-refractivity contribution in [2.45, 2.75) is 0 Å². The van der Waals surface area contributed by atoms with Gasteiger partial charge < -0.3 is 0 Å². The first-order valence-electron chi connectivity index (χ1n) is 4.71. The summed E-state index contributed by atoms with van der Waals surface area (Å²) in [6, 6.07) is 9.37. The molecule has 83 valence electrons. The number of rotatable bonds is 5. The van der Waals surface area contributed by atoms with Gasteiger partial charge in [0.25, 0.3) is 5.91 Å². The van der Waals surface area contributed by atoms with Gasteiger partial charge in [-0.2, -0.15) is 0 Å². The summed E-state index contributed by atoms with van der Waals surface area (Å²) in [6.45, 7) is -0.200. The molecule has 0 saturated heterocycles. The molecule has 0 N–H and O–H groups in total. The van der Waals surface area contributed by atoms with E-state index in [-0.39, 0.29) is 6.54 Å². The minimum absolute atomic E-state index is 0.200. The largest absolute Gasteiger partial charge is 0.289 e. The molecule has 1 aromatic rings. The second kappa shape index (κ2) is 6.53. The predicted octanol–water partition coefficient (Wildman–Crippen LogP) is 1.20. The van der Waals surface area contributed by atoms with Crippen LogP contribution in [0.5, 0.6) is 0 Å². The first kappa shape index (κ1) is 12.1. The highest BCUT2D eigenvalue weighted by Gasteiger charge is 2.08. The zero-order valence-corrected chi connectivity index (χ0v) is 8.92. The molecule has 0 aliphatic carbocycles. The van der Waals surface area contributed by atoms with Gasteiger partial charge in [-0.3, -0.25) is 14.4 Å². The minimum Gasteiger partial charge on any atom is -0.289 e. The van der Waals surface area contributed by atoms with Crippen LogP contribution < -0.4 is 0 Å². The standard InChI is InChI=1S/C12H12NO3/c1-16-13(9-10-14)12(15)8-7-11-5-3-2-4-6-11/h2-8H,9H2,1H3/b8-7+. The molecule has 0 aliphatic rings. The maximum atomic E-state index is 11.5. The van der Waals surface area contributed by atoms with Crippen LogP contribution in [0.25, 0.3) is 6.08 Å². The van der Waals surface area contributed by atoms with E-state index in [2.05, 4.69) is 0 Å². The first-order chi connectivity index (χ1) is 7.77. The van der Waals surface area contributed by atoms with E-state index in [1.54, 1.807) is 12.4 Å². The molecule has 4 nitrogen and oxygen atoms in total. The molecular weight excluding hydrogens is 206 g/mol. The third kappa shape index (κ3) is 3.67.